The number of anilines is 1. The Labute approximate surface area is 122 Å². The van der Waals surface area contributed by atoms with Crippen LogP contribution in [0.3, 0.4) is 0 Å². The molecule has 0 spiro atoms. The van der Waals surface area contributed by atoms with E-state index in [1.165, 1.54) is 0 Å². The molecule has 8 heteroatoms. The minimum atomic E-state index is -0.943. The molecule has 1 aromatic rings. The smallest absolute Gasteiger partial charge is 0.406 e. The monoisotopic (exact) mass is 296 g/mol. The molecule has 2 rings (SSSR count). The number of aliphatic carboxylic acids is 1. The highest BCUT2D eigenvalue weighted by Crippen LogP contribution is 2.35. The Bertz CT molecular complexity index is 569. The lowest BCUT2D eigenvalue weighted by atomic mass is 9.89. The summed E-state index contributed by atoms with van der Waals surface area (Å²) in [5.41, 5.74) is 0. The summed E-state index contributed by atoms with van der Waals surface area (Å²) >= 11 is 0. The van der Waals surface area contributed by atoms with E-state index in [0.717, 1.165) is 12.8 Å². The lowest BCUT2D eigenvalue weighted by Gasteiger charge is -2.37. The quantitative estimate of drug-likeness (QED) is 0.670. The number of nitro groups is 1. The average molecular weight is 296 g/mol. The van der Waals surface area contributed by atoms with E-state index in [0.29, 0.717) is 30.5 Å². The van der Waals surface area contributed by atoms with E-state index in [4.69, 9.17) is 0 Å². The largest absolute Gasteiger partial charge is 0.480 e. The van der Waals surface area contributed by atoms with E-state index in [9.17, 15) is 20.0 Å². The van der Waals surface area contributed by atoms with Gasteiger partial charge < -0.3 is 20.1 Å². The van der Waals surface area contributed by atoms with Crippen molar-refractivity contribution in [3.63, 3.8) is 0 Å². The zero-order valence-electron chi connectivity index (χ0n) is 12.4. The molecule has 2 heterocycles. The van der Waals surface area contributed by atoms with E-state index in [1.807, 2.05) is 6.92 Å². The number of rotatable bonds is 4. The molecule has 1 saturated heterocycles. The summed E-state index contributed by atoms with van der Waals surface area (Å²) in [6, 6.07) is -0.739. The number of hydrogen-bond acceptors (Lipinski definition) is 5. The standard InChI is InChI=1S/C13H20N4O4/c1-4-9-5-6-16(10(7-9)13(18)19)12-11(17(20)21)14-8(2)15(12)3/h9-10H,4-7H2,1-3H3,(H,18,19). The highest BCUT2D eigenvalue weighted by atomic mass is 16.6. The SMILES string of the molecule is CCC1CCN(c2c([N+](=O)[O-])nc(C)n2C)C(C(=O)O)C1. The Morgan fingerprint density at radius 3 is 2.76 bits per heavy atom. The number of carboxylic acid groups (broad SMARTS) is 1. The van der Waals surface area contributed by atoms with Crippen LogP contribution in [0, 0.1) is 23.0 Å². The Hall–Kier alpha value is -2.12. The predicted octanol–water partition coefficient (Wildman–Crippen LogP) is 1.72. The molecule has 2 unspecified atom stereocenters. The van der Waals surface area contributed by atoms with Crippen molar-refractivity contribution in [2.45, 2.75) is 39.2 Å². The number of aryl methyl sites for hydroxylation is 1. The summed E-state index contributed by atoms with van der Waals surface area (Å²) in [5, 5.41) is 20.7. The molecule has 0 bridgehead atoms. The van der Waals surface area contributed by atoms with Gasteiger partial charge in [-0.05, 0) is 28.7 Å². The van der Waals surface area contributed by atoms with Gasteiger partial charge in [-0.1, -0.05) is 13.3 Å². The first kappa shape index (κ1) is 15.3. The molecule has 1 aliphatic heterocycles. The third-order valence-electron chi connectivity index (χ3n) is 4.29. The van der Waals surface area contributed by atoms with Crippen molar-refractivity contribution < 1.29 is 14.8 Å². The van der Waals surface area contributed by atoms with Gasteiger partial charge in [0.25, 0.3) is 0 Å². The number of imidazole rings is 1. The Kier molecular flexibility index (Phi) is 4.15. The van der Waals surface area contributed by atoms with Gasteiger partial charge in [0, 0.05) is 20.5 Å². The second kappa shape index (κ2) is 5.71. The summed E-state index contributed by atoms with van der Waals surface area (Å²) < 4.78 is 1.60. The number of aromatic nitrogens is 2. The maximum absolute atomic E-state index is 11.6. The second-order valence-electron chi connectivity index (χ2n) is 5.47. The first-order chi connectivity index (χ1) is 9.86. The number of piperidine rings is 1. The second-order valence-corrected chi connectivity index (χ2v) is 5.47. The zero-order valence-corrected chi connectivity index (χ0v) is 12.4. The average Bonchev–Trinajstić information content (AvgIpc) is 2.74. The van der Waals surface area contributed by atoms with Gasteiger partial charge in [-0.2, -0.15) is 0 Å². The highest BCUT2D eigenvalue weighted by molar-refractivity contribution is 5.79. The van der Waals surface area contributed by atoms with Gasteiger partial charge in [0.1, 0.15) is 6.04 Å². The van der Waals surface area contributed by atoms with Crippen molar-refractivity contribution in [2.24, 2.45) is 13.0 Å². The summed E-state index contributed by atoms with van der Waals surface area (Å²) in [7, 11) is 1.68. The third kappa shape index (κ3) is 2.70. The van der Waals surface area contributed by atoms with Crippen molar-refractivity contribution in [2.75, 3.05) is 11.4 Å². The van der Waals surface area contributed by atoms with Gasteiger partial charge >= 0.3 is 11.8 Å². The molecular weight excluding hydrogens is 276 g/mol. The topological polar surface area (TPSA) is 101 Å². The van der Waals surface area contributed by atoms with Crippen LogP contribution in [0.5, 0.6) is 0 Å². The lowest BCUT2D eigenvalue weighted by molar-refractivity contribution is -0.388. The van der Waals surface area contributed by atoms with Crippen LogP contribution in [0.15, 0.2) is 0 Å². The van der Waals surface area contributed by atoms with Crippen molar-refractivity contribution in [1.29, 1.82) is 0 Å². The molecule has 21 heavy (non-hydrogen) atoms. The van der Waals surface area contributed by atoms with E-state index < -0.39 is 16.9 Å². The van der Waals surface area contributed by atoms with Crippen molar-refractivity contribution in [1.82, 2.24) is 9.55 Å². The summed E-state index contributed by atoms with van der Waals surface area (Å²) in [6.45, 7) is 4.20. The molecule has 8 nitrogen and oxygen atoms in total. The predicted molar refractivity (Wildman–Crippen MR) is 76.4 cm³/mol. The van der Waals surface area contributed by atoms with Crippen molar-refractivity contribution in [3.05, 3.63) is 15.9 Å². The molecule has 0 radical (unpaired) electrons. The van der Waals surface area contributed by atoms with Gasteiger partial charge in [0.15, 0.2) is 0 Å². The molecular formula is C13H20N4O4. The zero-order chi connectivity index (χ0) is 15.7. The molecule has 1 fully saturated rings. The minimum absolute atomic E-state index is 0.267. The van der Waals surface area contributed by atoms with Gasteiger partial charge in [0.2, 0.25) is 11.6 Å². The van der Waals surface area contributed by atoms with E-state index in [-0.39, 0.29) is 5.82 Å². The normalized spacial score (nSPS) is 22.3. The van der Waals surface area contributed by atoms with Crippen molar-refractivity contribution >= 4 is 17.6 Å². The maximum atomic E-state index is 11.6. The first-order valence-corrected chi connectivity index (χ1v) is 7.03. The first-order valence-electron chi connectivity index (χ1n) is 7.03. The molecule has 1 aliphatic rings. The molecule has 0 amide bonds. The molecule has 0 saturated carbocycles. The fourth-order valence-electron chi connectivity index (χ4n) is 2.92. The Morgan fingerprint density at radius 1 is 1.57 bits per heavy atom. The highest BCUT2D eigenvalue weighted by Gasteiger charge is 2.39. The van der Waals surface area contributed by atoms with Gasteiger partial charge in [-0.3, -0.25) is 4.57 Å². The molecule has 0 aromatic carbocycles. The molecule has 0 aliphatic carbocycles. The van der Waals surface area contributed by atoms with Crippen LogP contribution in [0.25, 0.3) is 0 Å². The van der Waals surface area contributed by atoms with E-state index in [2.05, 4.69) is 4.98 Å². The fraction of sp³-hybridized carbons (Fsp3) is 0.692. The van der Waals surface area contributed by atoms with Crippen LogP contribution in [0.4, 0.5) is 11.6 Å². The van der Waals surface area contributed by atoms with Crippen LogP contribution in [-0.2, 0) is 11.8 Å². The molecule has 116 valence electrons. The summed E-state index contributed by atoms with van der Waals surface area (Å²) in [5.74, 6) is -0.0777. The van der Waals surface area contributed by atoms with Gasteiger partial charge in [0.05, 0.1) is 0 Å². The fourth-order valence-corrected chi connectivity index (χ4v) is 2.92. The summed E-state index contributed by atoms with van der Waals surface area (Å²) in [6.07, 6.45) is 2.26. The third-order valence-corrected chi connectivity index (χ3v) is 4.29. The molecule has 1 N–H and O–H groups in total. The number of nitrogens with zero attached hydrogens (tertiary/aromatic N) is 4. The van der Waals surface area contributed by atoms with Gasteiger partial charge in [-0.25, -0.2) is 4.79 Å². The number of hydrogen-bond donors (Lipinski definition) is 1. The summed E-state index contributed by atoms with van der Waals surface area (Å²) in [4.78, 5) is 27.8. The van der Waals surface area contributed by atoms with Crippen LogP contribution >= 0.6 is 0 Å². The molecule has 1 aromatic heterocycles. The Balaban J connectivity index is 2.44. The van der Waals surface area contributed by atoms with Gasteiger partial charge in [-0.15, -0.1) is 0 Å². The number of carboxylic acids is 1. The maximum Gasteiger partial charge on any atom is 0.406 e. The van der Waals surface area contributed by atoms with E-state index >= 15 is 0 Å². The van der Waals surface area contributed by atoms with E-state index in [1.54, 1.807) is 23.4 Å². The van der Waals surface area contributed by atoms with Crippen molar-refractivity contribution in [3.8, 4) is 0 Å². The van der Waals surface area contributed by atoms with Crippen LogP contribution in [0.1, 0.15) is 32.0 Å². The minimum Gasteiger partial charge on any atom is -0.480 e. The Morgan fingerprint density at radius 2 is 2.24 bits per heavy atom. The van der Waals surface area contributed by atoms with Crippen LogP contribution in [0.2, 0.25) is 0 Å². The molecule has 2 atom stereocenters. The lowest BCUT2D eigenvalue weighted by Crippen LogP contribution is -2.48. The number of carbonyl (C=O) groups is 1. The van der Waals surface area contributed by atoms with Crippen LogP contribution in [-0.4, -0.2) is 38.1 Å². The van der Waals surface area contributed by atoms with Crippen LogP contribution < -0.4 is 4.90 Å².